The highest BCUT2D eigenvalue weighted by Crippen LogP contribution is 2.28. The maximum atomic E-state index is 11.4. The number of fused-ring (bicyclic) bond motifs is 1. The molecule has 1 heterocycles. The molecule has 7 heteroatoms. The minimum atomic E-state index is -1.18. The predicted molar refractivity (Wildman–Crippen MR) is 71.6 cm³/mol. The van der Waals surface area contributed by atoms with E-state index in [4.69, 9.17) is 9.84 Å². The lowest BCUT2D eigenvalue weighted by molar-refractivity contribution is -0.131. The van der Waals surface area contributed by atoms with Gasteiger partial charge in [0.15, 0.2) is 5.13 Å². The fourth-order valence-electron chi connectivity index (χ4n) is 1.38. The molecule has 1 amide bonds. The zero-order chi connectivity index (χ0) is 13.8. The molecule has 1 aromatic carbocycles. The van der Waals surface area contributed by atoms with E-state index in [-0.39, 0.29) is 0 Å². The van der Waals surface area contributed by atoms with E-state index in [1.165, 1.54) is 11.3 Å². The van der Waals surface area contributed by atoms with Crippen LogP contribution in [0.1, 0.15) is 0 Å². The smallest absolute Gasteiger partial charge is 0.328 e. The van der Waals surface area contributed by atoms with Crippen LogP contribution in [0, 0.1) is 0 Å². The minimum absolute atomic E-state index is 0.406. The van der Waals surface area contributed by atoms with E-state index >= 15 is 0 Å². The first-order chi connectivity index (χ1) is 9.08. The molecule has 2 rings (SSSR count). The number of rotatable bonds is 4. The highest BCUT2D eigenvalue weighted by atomic mass is 32.1. The number of carbonyl (C=O) groups is 2. The van der Waals surface area contributed by atoms with Crippen LogP contribution in [-0.2, 0) is 9.59 Å². The van der Waals surface area contributed by atoms with Gasteiger partial charge in [-0.2, -0.15) is 0 Å². The Kier molecular flexibility index (Phi) is 3.76. The van der Waals surface area contributed by atoms with Gasteiger partial charge in [-0.05, 0) is 18.2 Å². The van der Waals surface area contributed by atoms with Crippen LogP contribution in [0.25, 0.3) is 10.2 Å². The number of ether oxygens (including phenoxy) is 1. The number of carbonyl (C=O) groups excluding carboxylic acids is 1. The Morgan fingerprint density at radius 2 is 2.21 bits per heavy atom. The Balaban J connectivity index is 2.17. The summed E-state index contributed by atoms with van der Waals surface area (Å²) in [4.78, 5) is 25.9. The third-order valence-corrected chi connectivity index (χ3v) is 3.14. The molecule has 0 saturated carbocycles. The van der Waals surface area contributed by atoms with Crippen LogP contribution in [0.2, 0.25) is 0 Å². The molecule has 0 atom stereocenters. The molecule has 0 aliphatic rings. The van der Waals surface area contributed by atoms with Crippen molar-refractivity contribution in [1.82, 2.24) is 4.98 Å². The zero-order valence-electron chi connectivity index (χ0n) is 9.91. The number of thiazole rings is 1. The summed E-state index contributed by atoms with van der Waals surface area (Å²) in [5.74, 6) is -1.00. The van der Waals surface area contributed by atoms with Crippen LogP contribution in [0.3, 0.4) is 0 Å². The molecule has 1 aromatic heterocycles. The number of hydrogen-bond donors (Lipinski definition) is 2. The van der Waals surface area contributed by atoms with Crippen molar-refractivity contribution in [2.75, 3.05) is 12.4 Å². The summed E-state index contributed by atoms with van der Waals surface area (Å²) in [7, 11) is 1.57. The minimum Gasteiger partial charge on any atom is -0.497 e. The van der Waals surface area contributed by atoms with Crippen molar-refractivity contribution in [3.8, 4) is 5.75 Å². The lowest BCUT2D eigenvalue weighted by Crippen LogP contribution is -2.08. The monoisotopic (exact) mass is 278 g/mol. The van der Waals surface area contributed by atoms with E-state index in [2.05, 4.69) is 10.3 Å². The quantitative estimate of drug-likeness (QED) is 0.834. The maximum absolute atomic E-state index is 11.4. The molecule has 0 radical (unpaired) electrons. The van der Waals surface area contributed by atoms with Crippen LogP contribution < -0.4 is 10.1 Å². The second-order valence-electron chi connectivity index (χ2n) is 3.51. The Labute approximate surface area is 112 Å². The lowest BCUT2D eigenvalue weighted by atomic mass is 10.3. The number of anilines is 1. The molecule has 0 aliphatic heterocycles. The Hall–Kier alpha value is -2.41. The lowest BCUT2D eigenvalue weighted by Gasteiger charge is -1.96. The van der Waals surface area contributed by atoms with Crippen molar-refractivity contribution < 1.29 is 19.4 Å². The van der Waals surface area contributed by atoms with Crippen LogP contribution >= 0.6 is 11.3 Å². The molecule has 6 nitrogen and oxygen atoms in total. The molecule has 19 heavy (non-hydrogen) atoms. The number of benzene rings is 1. The second-order valence-corrected chi connectivity index (χ2v) is 4.54. The fourth-order valence-corrected chi connectivity index (χ4v) is 2.28. The zero-order valence-corrected chi connectivity index (χ0v) is 10.7. The molecule has 2 N–H and O–H groups in total. The van der Waals surface area contributed by atoms with Gasteiger partial charge >= 0.3 is 5.97 Å². The summed E-state index contributed by atoms with van der Waals surface area (Å²) < 4.78 is 5.96. The number of nitrogens with one attached hydrogen (secondary N) is 1. The number of carboxylic acid groups (broad SMARTS) is 1. The Morgan fingerprint density at radius 1 is 1.42 bits per heavy atom. The van der Waals surface area contributed by atoms with Crippen molar-refractivity contribution in [3.63, 3.8) is 0 Å². The van der Waals surface area contributed by atoms with Gasteiger partial charge in [0.1, 0.15) is 5.75 Å². The van der Waals surface area contributed by atoms with E-state index in [0.717, 1.165) is 22.4 Å². The first kappa shape index (κ1) is 13.0. The number of aliphatic carboxylic acids is 1. The first-order valence-corrected chi connectivity index (χ1v) is 6.06. The van der Waals surface area contributed by atoms with Gasteiger partial charge in [0.2, 0.25) is 5.91 Å². The first-order valence-electron chi connectivity index (χ1n) is 5.25. The van der Waals surface area contributed by atoms with Gasteiger partial charge in [-0.1, -0.05) is 11.3 Å². The number of methoxy groups -OCH3 is 1. The van der Waals surface area contributed by atoms with Gasteiger partial charge in [0.05, 0.1) is 17.3 Å². The van der Waals surface area contributed by atoms with Crippen molar-refractivity contribution in [2.24, 2.45) is 0 Å². The summed E-state index contributed by atoms with van der Waals surface area (Å²) in [6.07, 6.45) is 1.71. The molecular formula is C12H10N2O4S. The average molecular weight is 278 g/mol. The SMILES string of the molecule is COc1ccc2nc(NC(=O)/C=C/C(=O)O)sc2c1. The van der Waals surface area contributed by atoms with E-state index in [0.29, 0.717) is 10.9 Å². The molecule has 0 spiro atoms. The van der Waals surface area contributed by atoms with Gasteiger partial charge in [0, 0.05) is 12.2 Å². The van der Waals surface area contributed by atoms with Gasteiger partial charge < -0.3 is 9.84 Å². The number of carboxylic acids is 1. The number of nitrogens with zero attached hydrogens (tertiary/aromatic N) is 1. The summed E-state index contributed by atoms with van der Waals surface area (Å²) in [5, 5.41) is 11.3. The largest absolute Gasteiger partial charge is 0.497 e. The van der Waals surface area contributed by atoms with Crippen LogP contribution in [0.15, 0.2) is 30.4 Å². The van der Waals surface area contributed by atoms with E-state index in [1.54, 1.807) is 19.2 Å². The Bertz CT molecular complexity index is 663. The number of hydrogen-bond acceptors (Lipinski definition) is 5. The van der Waals surface area contributed by atoms with Gasteiger partial charge in [-0.25, -0.2) is 9.78 Å². The molecule has 0 unspecified atom stereocenters. The average Bonchev–Trinajstić information content (AvgIpc) is 2.77. The molecule has 0 fully saturated rings. The highest BCUT2D eigenvalue weighted by Gasteiger charge is 2.07. The van der Waals surface area contributed by atoms with Crippen LogP contribution in [0.4, 0.5) is 5.13 Å². The highest BCUT2D eigenvalue weighted by molar-refractivity contribution is 7.22. The van der Waals surface area contributed by atoms with Crippen molar-refractivity contribution in [1.29, 1.82) is 0 Å². The molecule has 2 aromatic rings. The topological polar surface area (TPSA) is 88.5 Å². The van der Waals surface area contributed by atoms with Gasteiger partial charge in [-0.15, -0.1) is 0 Å². The predicted octanol–water partition coefficient (Wildman–Crippen LogP) is 1.88. The maximum Gasteiger partial charge on any atom is 0.328 e. The van der Waals surface area contributed by atoms with E-state index in [9.17, 15) is 9.59 Å². The molecule has 98 valence electrons. The molecule has 0 saturated heterocycles. The molecular weight excluding hydrogens is 268 g/mol. The van der Waals surface area contributed by atoms with E-state index in [1.807, 2.05) is 6.07 Å². The number of aromatic nitrogens is 1. The van der Waals surface area contributed by atoms with E-state index < -0.39 is 11.9 Å². The van der Waals surface area contributed by atoms with Crippen LogP contribution in [0.5, 0.6) is 5.75 Å². The summed E-state index contributed by atoms with van der Waals surface area (Å²) >= 11 is 1.29. The summed E-state index contributed by atoms with van der Waals surface area (Å²) in [6, 6.07) is 5.38. The van der Waals surface area contributed by atoms with Gasteiger partial charge in [0.25, 0.3) is 0 Å². The van der Waals surface area contributed by atoms with Crippen molar-refractivity contribution in [3.05, 3.63) is 30.4 Å². The number of amides is 1. The van der Waals surface area contributed by atoms with Crippen molar-refractivity contribution >= 4 is 38.6 Å². The van der Waals surface area contributed by atoms with Crippen LogP contribution in [-0.4, -0.2) is 29.1 Å². The molecule has 0 bridgehead atoms. The fraction of sp³-hybridized carbons (Fsp3) is 0.0833. The Morgan fingerprint density at radius 3 is 2.89 bits per heavy atom. The van der Waals surface area contributed by atoms with Gasteiger partial charge in [-0.3, -0.25) is 10.1 Å². The third kappa shape index (κ3) is 3.29. The van der Waals surface area contributed by atoms with Crippen molar-refractivity contribution in [2.45, 2.75) is 0 Å². The second kappa shape index (κ2) is 5.49. The molecule has 0 aliphatic carbocycles. The standard InChI is InChI=1S/C12H10N2O4S/c1-18-7-2-3-8-9(6-7)19-12(13-8)14-10(15)4-5-11(16)17/h2-6H,1H3,(H,16,17)(H,13,14,15)/b5-4+. The summed E-state index contributed by atoms with van der Waals surface area (Å²) in [6.45, 7) is 0. The normalized spacial score (nSPS) is 10.8. The summed E-state index contributed by atoms with van der Waals surface area (Å²) in [5.41, 5.74) is 0.739. The third-order valence-electron chi connectivity index (χ3n) is 2.20.